The molecule has 8 heteroatoms. The number of ether oxygens (including phenoxy) is 1. The van der Waals surface area contributed by atoms with E-state index in [0.29, 0.717) is 12.1 Å². The molecule has 1 fully saturated rings. The van der Waals surface area contributed by atoms with Crippen LogP contribution in [-0.2, 0) is 23.6 Å². The van der Waals surface area contributed by atoms with Gasteiger partial charge in [-0.15, -0.1) is 0 Å². The smallest absolute Gasteiger partial charge is 0.469 e. The van der Waals surface area contributed by atoms with Gasteiger partial charge in [0.2, 0.25) is 5.91 Å². The predicted molar refractivity (Wildman–Crippen MR) is 115 cm³/mol. The summed E-state index contributed by atoms with van der Waals surface area (Å²) in [7, 11) is 0.910. The van der Waals surface area contributed by atoms with Gasteiger partial charge in [-0.2, -0.15) is 0 Å². The van der Waals surface area contributed by atoms with Crippen LogP contribution in [0.3, 0.4) is 0 Å². The average molecular weight is 412 g/mol. The van der Waals surface area contributed by atoms with Gasteiger partial charge in [-0.25, -0.2) is 0 Å². The number of amides is 1. The van der Waals surface area contributed by atoms with Crippen LogP contribution in [0.1, 0.15) is 59.2 Å². The van der Waals surface area contributed by atoms with Crippen LogP contribution in [0.5, 0.6) is 0 Å². The van der Waals surface area contributed by atoms with Crippen molar-refractivity contribution in [2.45, 2.75) is 64.7 Å². The molecule has 1 saturated heterocycles. The maximum Gasteiger partial charge on any atom is 0.494 e. The Balaban J connectivity index is 1.85. The van der Waals surface area contributed by atoms with Crippen LogP contribution in [0, 0.1) is 0 Å². The minimum atomic E-state index is -0.439. The number of benzene rings is 1. The molecular weight excluding hydrogens is 383 g/mol. The summed E-state index contributed by atoms with van der Waals surface area (Å²) in [4.78, 5) is 27.8. The van der Waals surface area contributed by atoms with Crippen LogP contribution in [0.2, 0.25) is 0 Å². The Bertz CT molecular complexity index is 944. The number of fused-ring (bicyclic) bond motifs is 1. The first-order valence-electron chi connectivity index (χ1n) is 10.1. The molecule has 1 atom stereocenters. The van der Waals surface area contributed by atoms with Crippen LogP contribution in [0.4, 0.5) is 0 Å². The fraction of sp³-hybridized carbons (Fsp3) is 0.500. The molecule has 7 nitrogen and oxygen atoms in total. The summed E-state index contributed by atoms with van der Waals surface area (Å²) in [6, 6.07) is 9.34. The van der Waals surface area contributed by atoms with E-state index in [-0.39, 0.29) is 24.3 Å². The van der Waals surface area contributed by atoms with Gasteiger partial charge in [0.15, 0.2) is 0 Å². The van der Waals surface area contributed by atoms with E-state index >= 15 is 0 Å². The zero-order chi connectivity index (χ0) is 22.1. The molecule has 3 rings (SSSR count). The summed E-state index contributed by atoms with van der Waals surface area (Å²) in [5, 5.41) is 3.81. The predicted octanol–water partition coefficient (Wildman–Crippen LogP) is 2.66. The summed E-state index contributed by atoms with van der Waals surface area (Å²) in [5.74, 6) is -0.499. The molecule has 0 radical (unpaired) electrons. The summed E-state index contributed by atoms with van der Waals surface area (Å²) in [5.41, 5.74) is 1.62. The van der Waals surface area contributed by atoms with Crippen molar-refractivity contribution in [1.82, 2.24) is 10.3 Å². The molecule has 1 aliphatic rings. The van der Waals surface area contributed by atoms with Gasteiger partial charge in [0.1, 0.15) is 0 Å². The molecule has 2 aromatic rings. The number of nitrogens with zero attached hydrogens (tertiary/aromatic N) is 1. The normalized spacial score (nSPS) is 18.3. The number of aromatic nitrogens is 1. The maximum absolute atomic E-state index is 11.6. The molecule has 0 aliphatic carbocycles. The molecule has 0 bridgehead atoms. The third kappa shape index (κ3) is 4.65. The fourth-order valence-electron chi connectivity index (χ4n) is 3.38. The third-order valence-corrected chi connectivity index (χ3v) is 5.86. The molecular formula is C22H29BN2O5. The summed E-state index contributed by atoms with van der Waals surface area (Å²) < 4.78 is 17.0. The Labute approximate surface area is 177 Å². The first kappa shape index (κ1) is 22.2. The minimum Gasteiger partial charge on any atom is -0.469 e. The number of methoxy groups -OCH3 is 1. The van der Waals surface area contributed by atoms with Gasteiger partial charge in [0.25, 0.3) is 0 Å². The number of carbonyl (C=O) groups excluding carboxylic acids is 2. The number of carbonyl (C=O) groups is 2. The zero-order valence-corrected chi connectivity index (χ0v) is 18.4. The highest BCUT2D eigenvalue weighted by Gasteiger charge is 2.51. The van der Waals surface area contributed by atoms with Gasteiger partial charge < -0.3 is 19.4 Å². The molecule has 2 heterocycles. The van der Waals surface area contributed by atoms with E-state index in [1.54, 1.807) is 0 Å². The monoisotopic (exact) mass is 412 g/mol. The second-order valence-corrected chi connectivity index (χ2v) is 8.64. The van der Waals surface area contributed by atoms with Crippen molar-refractivity contribution in [2.24, 2.45) is 0 Å². The van der Waals surface area contributed by atoms with Crippen LogP contribution < -0.4 is 10.8 Å². The molecule has 160 valence electrons. The fourth-order valence-corrected chi connectivity index (χ4v) is 3.38. The lowest BCUT2D eigenvalue weighted by atomic mass is 9.78. The summed E-state index contributed by atoms with van der Waals surface area (Å²) in [6.07, 6.45) is 0.610. The Morgan fingerprint density at radius 2 is 1.80 bits per heavy atom. The van der Waals surface area contributed by atoms with E-state index in [0.717, 1.165) is 16.4 Å². The van der Waals surface area contributed by atoms with Crippen molar-refractivity contribution in [2.75, 3.05) is 7.11 Å². The zero-order valence-electron chi connectivity index (χ0n) is 18.4. The van der Waals surface area contributed by atoms with Gasteiger partial charge in [0.05, 0.1) is 35.6 Å². The molecule has 0 spiro atoms. The Morgan fingerprint density at radius 3 is 2.40 bits per heavy atom. The topological polar surface area (TPSA) is 86.8 Å². The lowest BCUT2D eigenvalue weighted by Crippen LogP contribution is -2.41. The van der Waals surface area contributed by atoms with Crippen molar-refractivity contribution < 1.29 is 23.6 Å². The van der Waals surface area contributed by atoms with E-state index < -0.39 is 18.3 Å². The molecule has 1 amide bonds. The summed E-state index contributed by atoms with van der Waals surface area (Å²) in [6.45, 7) is 9.55. The molecule has 1 N–H and O–H groups in total. The first-order valence-corrected chi connectivity index (χ1v) is 10.1. The standard InChI is InChI=1S/C22H29BN2O5/c1-14(26)24-18(11-12-20(27)28-6)19-9-7-15-13-16(8-10-17(15)25-19)23-29-21(2,3)22(4,5)30-23/h7-10,13,18H,11-12H2,1-6H3,(H,24,26)/t18-/m0/s1. The Hall–Kier alpha value is -2.45. The number of esters is 1. The summed E-state index contributed by atoms with van der Waals surface area (Å²) >= 11 is 0. The van der Waals surface area contributed by atoms with Crippen LogP contribution in [0.15, 0.2) is 30.3 Å². The average Bonchev–Trinajstić information content (AvgIpc) is 2.91. The SMILES string of the molecule is COC(=O)CC[C@H](NC(C)=O)c1ccc2cc(B3OC(C)(C)C(C)(C)O3)ccc2n1. The van der Waals surface area contributed by atoms with E-state index in [4.69, 9.17) is 19.0 Å². The third-order valence-electron chi connectivity index (χ3n) is 5.86. The van der Waals surface area contributed by atoms with Gasteiger partial charge >= 0.3 is 13.1 Å². The van der Waals surface area contributed by atoms with Crippen molar-refractivity contribution in [3.8, 4) is 0 Å². The molecule has 0 saturated carbocycles. The highest BCUT2D eigenvalue weighted by Crippen LogP contribution is 2.36. The minimum absolute atomic E-state index is 0.178. The van der Waals surface area contributed by atoms with Gasteiger partial charge in [-0.05, 0) is 57.1 Å². The second-order valence-electron chi connectivity index (χ2n) is 8.64. The number of hydrogen-bond acceptors (Lipinski definition) is 6. The van der Waals surface area contributed by atoms with Gasteiger partial charge in [-0.3, -0.25) is 14.6 Å². The van der Waals surface area contributed by atoms with Crippen LogP contribution in [-0.4, -0.2) is 42.3 Å². The van der Waals surface area contributed by atoms with E-state index in [9.17, 15) is 9.59 Å². The van der Waals surface area contributed by atoms with E-state index in [1.165, 1.54) is 14.0 Å². The van der Waals surface area contributed by atoms with Crippen molar-refractivity contribution in [1.29, 1.82) is 0 Å². The molecule has 30 heavy (non-hydrogen) atoms. The highest BCUT2D eigenvalue weighted by molar-refractivity contribution is 6.62. The van der Waals surface area contributed by atoms with Crippen molar-refractivity contribution in [3.63, 3.8) is 0 Å². The van der Waals surface area contributed by atoms with Crippen LogP contribution >= 0.6 is 0 Å². The quantitative estimate of drug-likeness (QED) is 0.580. The Morgan fingerprint density at radius 1 is 1.13 bits per heavy atom. The van der Waals surface area contributed by atoms with Crippen LogP contribution in [0.25, 0.3) is 10.9 Å². The number of nitrogens with one attached hydrogen (secondary N) is 1. The maximum atomic E-state index is 11.6. The largest absolute Gasteiger partial charge is 0.494 e. The molecule has 1 aromatic heterocycles. The van der Waals surface area contributed by atoms with Crippen molar-refractivity contribution >= 4 is 35.4 Å². The molecule has 0 unspecified atom stereocenters. The van der Waals surface area contributed by atoms with Gasteiger partial charge in [-0.1, -0.05) is 18.2 Å². The number of hydrogen-bond donors (Lipinski definition) is 1. The molecule has 1 aliphatic heterocycles. The number of pyridine rings is 1. The van der Waals surface area contributed by atoms with Crippen molar-refractivity contribution in [3.05, 3.63) is 36.0 Å². The Kier molecular flexibility index (Phi) is 6.20. The van der Waals surface area contributed by atoms with Gasteiger partial charge in [0, 0.05) is 13.3 Å². The lowest BCUT2D eigenvalue weighted by molar-refractivity contribution is -0.141. The number of rotatable bonds is 6. The molecule has 1 aromatic carbocycles. The van der Waals surface area contributed by atoms with E-state index in [1.807, 2.05) is 58.0 Å². The lowest BCUT2D eigenvalue weighted by Gasteiger charge is -2.32. The first-order chi connectivity index (χ1) is 14.0. The highest BCUT2D eigenvalue weighted by atomic mass is 16.7. The second kappa shape index (κ2) is 8.36. The van der Waals surface area contributed by atoms with E-state index in [2.05, 4.69) is 5.32 Å².